The molecule has 2 unspecified atom stereocenters. The highest BCUT2D eigenvalue weighted by atomic mass is 32.2. The van der Waals surface area contributed by atoms with Crippen LogP contribution in [0.5, 0.6) is 0 Å². The van der Waals surface area contributed by atoms with E-state index in [0.717, 1.165) is 36.1 Å². The third-order valence-electron chi connectivity index (χ3n) is 6.45. The molecule has 0 aliphatic carbocycles. The van der Waals surface area contributed by atoms with Crippen molar-refractivity contribution in [2.75, 3.05) is 12.3 Å². The van der Waals surface area contributed by atoms with Gasteiger partial charge >= 0.3 is 0 Å². The molecule has 0 spiro atoms. The van der Waals surface area contributed by atoms with Crippen LogP contribution in [-0.2, 0) is 15.1 Å². The smallest absolute Gasteiger partial charge is 0.235 e. The number of carbonyl (C=O) groups excluding carboxylic acids is 2. The topological polar surface area (TPSA) is 49.4 Å². The molecule has 5 rings (SSSR count). The molecule has 3 aromatic carbocycles. The molecule has 1 N–H and O–H groups in total. The van der Waals surface area contributed by atoms with Crippen LogP contribution in [0.4, 0.5) is 0 Å². The van der Waals surface area contributed by atoms with Gasteiger partial charge in [-0.15, -0.1) is 11.8 Å². The van der Waals surface area contributed by atoms with E-state index in [2.05, 4.69) is 41.7 Å². The number of hydrogen-bond donors (Lipinski definition) is 1. The molecule has 0 bridgehead atoms. The van der Waals surface area contributed by atoms with Gasteiger partial charge in [0, 0.05) is 0 Å². The largest absolute Gasteiger partial charge is 0.307 e. The molecule has 2 saturated heterocycles. The minimum atomic E-state index is -0.900. The molecule has 0 radical (unpaired) electrons. The van der Waals surface area contributed by atoms with E-state index in [1.807, 2.05) is 59.5 Å². The molecular formula is C27H26N2O2S. The summed E-state index contributed by atoms with van der Waals surface area (Å²) in [6.45, 7) is 0.850. The van der Waals surface area contributed by atoms with Gasteiger partial charge in [-0.25, -0.2) is 0 Å². The summed E-state index contributed by atoms with van der Waals surface area (Å²) in [5.41, 5.74) is 2.03. The van der Waals surface area contributed by atoms with Gasteiger partial charge in [-0.3, -0.25) is 9.59 Å². The first-order valence-corrected chi connectivity index (χ1v) is 12.2. The molecule has 32 heavy (non-hydrogen) atoms. The normalized spacial score (nSPS) is 21.1. The molecule has 162 valence electrons. The van der Waals surface area contributed by atoms with Gasteiger partial charge in [0.2, 0.25) is 5.91 Å². The van der Waals surface area contributed by atoms with Crippen molar-refractivity contribution in [2.24, 2.45) is 0 Å². The van der Waals surface area contributed by atoms with Crippen LogP contribution in [0, 0.1) is 0 Å². The molecule has 0 aromatic heterocycles. The fraction of sp³-hybridized carbons (Fsp3) is 0.259. The zero-order chi connectivity index (χ0) is 22.0. The minimum absolute atomic E-state index is 0.0112. The highest BCUT2D eigenvalue weighted by Gasteiger charge is 2.53. The quantitative estimate of drug-likeness (QED) is 0.582. The summed E-state index contributed by atoms with van der Waals surface area (Å²) in [7, 11) is 0. The Morgan fingerprint density at radius 2 is 1.34 bits per heavy atom. The molecule has 0 saturated carbocycles. The van der Waals surface area contributed by atoms with Gasteiger partial charge in [-0.2, -0.15) is 0 Å². The summed E-state index contributed by atoms with van der Waals surface area (Å²) >= 11 is 1.45. The molecule has 4 nitrogen and oxygen atoms in total. The van der Waals surface area contributed by atoms with Gasteiger partial charge in [0.25, 0.3) is 0 Å². The van der Waals surface area contributed by atoms with Crippen LogP contribution in [0.15, 0.2) is 91.0 Å². The van der Waals surface area contributed by atoms with Gasteiger partial charge < -0.3 is 10.2 Å². The molecule has 2 atom stereocenters. The average Bonchev–Trinajstić information content (AvgIpc) is 3.53. The summed E-state index contributed by atoms with van der Waals surface area (Å²) in [5.74, 6) is 0.394. The van der Waals surface area contributed by atoms with E-state index in [-0.39, 0.29) is 17.7 Å². The number of benzene rings is 3. The number of ketones is 1. The van der Waals surface area contributed by atoms with Crippen LogP contribution >= 0.6 is 11.8 Å². The second-order valence-corrected chi connectivity index (χ2v) is 9.36. The van der Waals surface area contributed by atoms with Crippen molar-refractivity contribution in [1.82, 2.24) is 10.2 Å². The molecule has 5 heteroatoms. The van der Waals surface area contributed by atoms with Gasteiger partial charge in [-0.1, -0.05) is 91.0 Å². The molecule has 2 fully saturated rings. The van der Waals surface area contributed by atoms with E-state index in [1.165, 1.54) is 11.8 Å². The Balaban J connectivity index is 1.77. The maximum Gasteiger partial charge on any atom is 0.235 e. The van der Waals surface area contributed by atoms with Gasteiger partial charge in [0.1, 0.15) is 10.9 Å². The maximum atomic E-state index is 13.7. The predicted octanol–water partition coefficient (Wildman–Crippen LogP) is 4.20. The van der Waals surface area contributed by atoms with Crippen molar-refractivity contribution < 1.29 is 9.59 Å². The Hall–Kier alpha value is -2.89. The van der Waals surface area contributed by atoms with Crippen LogP contribution < -0.4 is 5.32 Å². The molecule has 2 aliphatic heterocycles. The Labute approximate surface area is 193 Å². The summed E-state index contributed by atoms with van der Waals surface area (Å²) in [5, 5.41) is 2.80. The van der Waals surface area contributed by atoms with E-state index in [9.17, 15) is 9.59 Å². The van der Waals surface area contributed by atoms with Crippen molar-refractivity contribution in [1.29, 1.82) is 0 Å². The Kier molecular flexibility index (Phi) is 5.85. The number of thioether (sulfide) groups is 1. The second-order valence-electron chi connectivity index (χ2n) is 8.29. The van der Waals surface area contributed by atoms with Gasteiger partial charge in [0.05, 0.1) is 11.8 Å². The first-order chi connectivity index (χ1) is 15.7. The van der Waals surface area contributed by atoms with Crippen LogP contribution in [-0.4, -0.2) is 40.3 Å². The molecule has 3 aromatic rings. The minimum Gasteiger partial charge on any atom is -0.307 e. The Morgan fingerprint density at radius 1 is 0.844 bits per heavy atom. The molecule has 1 amide bonds. The molecule has 2 aliphatic rings. The van der Waals surface area contributed by atoms with E-state index in [1.54, 1.807) is 0 Å². The highest BCUT2D eigenvalue weighted by Crippen LogP contribution is 2.48. The van der Waals surface area contributed by atoms with Crippen LogP contribution in [0.2, 0.25) is 0 Å². The number of nitrogens with one attached hydrogen (secondary N) is 1. The predicted molar refractivity (Wildman–Crippen MR) is 128 cm³/mol. The van der Waals surface area contributed by atoms with Gasteiger partial charge in [0.15, 0.2) is 5.78 Å². The van der Waals surface area contributed by atoms with Gasteiger partial charge in [-0.05, 0) is 36.1 Å². The van der Waals surface area contributed by atoms with Crippen LogP contribution in [0.25, 0.3) is 0 Å². The number of nitrogens with zero attached hydrogens (tertiary/aromatic N) is 1. The fourth-order valence-corrected chi connectivity index (χ4v) is 6.25. The zero-order valence-corrected chi connectivity index (χ0v) is 18.6. The van der Waals surface area contributed by atoms with Crippen molar-refractivity contribution >= 4 is 23.5 Å². The lowest BCUT2D eigenvalue weighted by Crippen LogP contribution is -2.56. The summed E-state index contributed by atoms with van der Waals surface area (Å²) in [4.78, 5) is 29.1. The second kappa shape index (κ2) is 8.93. The monoisotopic (exact) mass is 442 g/mol. The SMILES string of the molecule is O=C(C1CCCN1)C1SCC(=O)N1C(c1ccccc1)(c1ccccc1)c1ccccc1. The highest BCUT2D eigenvalue weighted by molar-refractivity contribution is 8.01. The van der Waals surface area contributed by atoms with Crippen molar-refractivity contribution in [3.05, 3.63) is 108 Å². The standard InChI is InChI=1S/C27H26N2O2S/c30-24-19-32-26(25(31)23-17-10-18-28-23)29(24)27(20-11-4-1-5-12-20,21-13-6-2-7-14-21)22-15-8-3-9-16-22/h1-9,11-16,23,26,28H,10,17-19H2. The lowest BCUT2D eigenvalue weighted by atomic mass is 9.75. The fourth-order valence-electron chi connectivity index (χ4n) is 5.05. The first kappa shape index (κ1) is 21.0. The van der Waals surface area contributed by atoms with E-state index < -0.39 is 10.9 Å². The maximum absolute atomic E-state index is 13.7. The first-order valence-electron chi connectivity index (χ1n) is 11.1. The Bertz CT molecular complexity index is 986. The molecule has 2 heterocycles. The van der Waals surface area contributed by atoms with E-state index in [0.29, 0.717) is 5.75 Å². The number of carbonyl (C=O) groups is 2. The summed E-state index contributed by atoms with van der Waals surface area (Å²) in [6.07, 6.45) is 1.82. The zero-order valence-electron chi connectivity index (χ0n) is 17.8. The lowest BCUT2D eigenvalue weighted by molar-refractivity contribution is -0.137. The average molecular weight is 443 g/mol. The van der Waals surface area contributed by atoms with Crippen molar-refractivity contribution in [3.8, 4) is 0 Å². The number of rotatable bonds is 6. The van der Waals surface area contributed by atoms with Crippen molar-refractivity contribution in [3.63, 3.8) is 0 Å². The summed E-state index contributed by atoms with van der Waals surface area (Å²) in [6, 6.07) is 30.1. The van der Waals surface area contributed by atoms with E-state index in [4.69, 9.17) is 0 Å². The number of amides is 1. The molecular weight excluding hydrogens is 416 g/mol. The lowest BCUT2D eigenvalue weighted by Gasteiger charge is -2.46. The van der Waals surface area contributed by atoms with Crippen molar-refractivity contribution in [2.45, 2.75) is 29.8 Å². The summed E-state index contributed by atoms with van der Waals surface area (Å²) < 4.78 is 0. The Morgan fingerprint density at radius 3 is 1.78 bits per heavy atom. The third kappa shape index (κ3) is 3.46. The van der Waals surface area contributed by atoms with Crippen LogP contribution in [0.3, 0.4) is 0 Å². The third-order valence-corrected chi connectivity index (χ3v) is 7.62. The van der Waals surface area contributed by atoms with Crippen LogP contribution in [0.1, 0.15) is 29.5 Å². The van der Waals surface area contributed by atoms with E-state index >= 15 is 0 Å². The number of hydrogen-bond acceptors (Lipinski definition) is 4. The number of Topliss-reactive ketones (excluding diaryl/α,β-unsaturated/α-hetero) is 1.